The van der Waals surface area contributed by atoms with Gasteiger partial charge in [-0.25, -0.2) is 0 Å². The van der Waals surface area contributed by atoms with Gasteiger partial charge >= 0.3 is 0 Å². The lowest BCUT2D eigenvalue weighted by molar-refractivity contribution is -0.113. The highest BCUT2D eigenvalue weighted by Gasteiger charge is 2.56. The molecule has 1 aliphatic carbocycles. The molecule has 1 aliphatic heterocycles. The van der Waals surface area contributed by atoms with E-state index in [9.17, 15) is 4.79 Å². The van der Waals surface area contributed by atoms with Crippen molar-refractivity contribution >= 4 is 22.2 Å². The van der Waals surface area contributed by atoms with Gasteiger partial charge in [0.15, 0.2) is 0 Å². The van der Waals surface area contributed by atoms with Gasteiger partial charge in [0.2, 0.25) is 0 Å². The summed E-state index contributed by atoms with van der Waals surface area (Å²) in [6.07, 6.45) is 3.98. The van der Waals surface area contributed by atoms with Crippen LogP contribution in [0, 0.1) is 5.41 Å². The zero-order valence-corrected chi connectivity index (χ0v) is 9.43. The lowest BCUT2D eigenvalue weighted by Gasteiger charge is -2.35. The summed E-state index contributed by atoms with van der Waals surface area (Å²) in [5, 5.41) is 0. The van der Waals surface area contributed by atoms with Crippen molar-refractivity contribution in [2.75, 3.05) is 6.61 Å². The summed E-state index contributed by atoms with van der Waals surface area (Å²) >= 11 is 3.58. The highest BCUT2D eigenvalue weighted by molar-refractivity contribution is 9.09. The number of hydrogen-bond acceptors (Lipinski definition) is 2. The topological polar surface area (TPSA) is 26.3 Å². The monoisotopic (exact) mass is 244 g/mol. The Morgan fingerprint density at radius 2 is 2.46 bits per heavy atom. The molecule has 0 amide bonds. The van der Waals surface area contributed by atoms with Crippen LogP contribution in [0.4, 0.5) is 0 Å². The van der Waals surface area contributed by atoms with Crippen LogP contribution in [-0.2, 0) is 9.53 Å². The fourth-order valence-corrected chi connectivity index (χ4v) is 3.12. The molecule has 0 aromatic heterocycles. The van der Waals surface area contributed by atoms with Crippen LogP contribution >= 0.6 is 15.9 Å². The summed E-state index contributed by atoms with van der Waals surface area (Å²) in [7, 11) is 0. The summed E-state index contributed by atoms with van der Waals surface area (Å²) in [6.45, 7) is 4.64. The molecule has 2 bridgehead atoms. The van der Waals surface area contributed by atoms with E-state index in [4.69, 9.17) is 4.74 Å². The van der Waals surface area contributed by atoms with Gasteiger partial charge in [0.1, 0.15) is 6.29 Å². The Labute approximate surface area is 86.5 Å². The van der Waals surface area contributed by atoms with E-state index >= 15 is 0 Å². The fourth-order valence-electron chi connectivity index (χ4n) is 2.45. The van der Waals surface area contributed by atoms with Gasteiger partial charge in [-0.15, -0.1) is 0 Å². The predicted molar refractivity (Wildman–Crippen MR) is 53.9 cm³/mol. The Morgan fingerprint density at radius 1 is 1.77 bits per heavy atom. The molecule has 3 atom stereocenters. The molecule has 0 N–H and O–H groups in total. The van der Waals surface area contributed by atoms with Crippen LogP contribution in [0.1, 0.15) is 20.3 Å². The maximum absolute atomic E-state index is 11.1. The molecule has 2 rings (SSSR count). The van der Waals surface area contributed by atoms with Gasteiger partial charge in [0.05, 0.1) is 22.5 Å². The second-order valence-electron chi connectivity index (χ2n) is 4.36. The lowest BCUT2D eigenvalue weighted by atomic mass is 9.74. The van der Waals surface area contributed by atoms with Gasteiger partial charge in [0, 0.05) is 0 Å². The Kier molecular flexibility index (Phi) is 1.93. The highest BCUT2D eigenvalue weighted by atomic mass is 79.9. The normalized spacial score (nSPS) is 48.8. The molecule has 3 heteroatoms. The highest BCUT2D eigenvalue weighted by Crippen LogP contribution is 2.51. The Bertz CT molecular complexity index is 287. The number of carbonyl (C=O) groups excluding carboxylic acids is 1. The number of fused-ring (bicyclic) bond motifs is 2. The van der Waals surface area contributed by atoms with Crippen molar-refractivity contribution < 1.29 is 9.53 Å². The number of halogens is 1. The number of rotatable bonds is 1. The molecule has 0 spiro atoms. The molecular formula is C10H13BrO2. The van der Waals surface area contributed by atoms with E-state index in [-0.39, 0.29) is 10.4 Å². The first-order chi connectivity index (χ1) is 6.02. The molecule has 13 heavy (non-hydrogen) atoms. The Morgan fingerprint density at radius 3 is 3.08 bits per heavy atom. The minimum Gasteiger partial charge on any atom is -0.372 e. The zero-order chi connectivity index (χ0) is 9.69. The molecule has 0 radical (unpaired) electrons. The van der Waals surface area contributed by atoms with E-state index in [1.54, 1.807) is 0 Å². The number of hydrogen-bond donors (Lipinski definition) is 0. The zero-order valence-electron chi connectivity index (χ0n) is 7.84. The van der Waals surface area contributed by atoms with E-state index in [2.05, 4.69) is 29.8 Å². The number of alkyl halides is 1. The van der Waals surface area contributed by atoms with Crippen LogP contribution in [0.15, 0.2) is 11.6 Å². The molecule has 0 aromatic rings. The molecule has 0 saturated carbocycles. The third kappa shape index (κ3) is 1.13. The van der Waals surface area contributed by atoms with Crippen molar-refractivity contribution in [2.45, 2.75) is 30.7 Å². The summed E-state index contributed by atoms with van der Waals surface area (Å²) < 4.78 is 5.71. The third-order valence-corrected chi connectivity index (χ3v) is 4.85. The predicted octanol–water partition coefficient (Wildman–Crippen LogP) is 2.07. The average molecular weight is 245 g/mol. The van der Waals surface area contributed by atoms with E-state index in [0.717, 1.165) is 12.7 Å². The molecule has 2 aliphatic rings. The van der Waals surface area contributed by atoms with Crippen LogP contribution in [0.25, 0.3) is 0 Å². The van der Waals surface area contributed by atoms with Crippen molar-refractivity contribution in [1.29, 1.82) is 0 Å². The van der Waals surface area contributed by atoms with Gasteiger partial charge < -0.3 is 9.53 Å². The second-order valence-corrected chi connectivity index (χ2v) is 5.28. The lowest BCUT2D eigenvalue weighted by Crippen LogP contribution is -2.43. The summed E-state index contributed by atoms with van der Waals surface area (Å²) in [5.74, 6) is 0. The third-order valence-electron chi connectivity index (χ3n) is 3.02. The minimum absolute atomic E-state index is 0.119. The van der Waals surface area contributed by atoms with Crippen molar-refractivity contribution in [3.8, 4) is 0 Å². The molecule has 1 fully saturated rings. The second kappa shape index (κ2) is 2.67. The number of aldehydes is 1. The Hall–Kier alpha value is -0.150. The molecule has 1 saturated heterocycles. The number of ether oxygens (including phenoxy) is 1. The van der Waals surface area contributed by atoms with Gasteiger partial charge in [-0.3, -0.25) is 0 Å². The smallest absolute Gasteiger partial charge is 0.133 e. The van der Waals surface area contributed by atoms with E-state index < -0.39 is 5.41 Å². The maximum Gasteiger partial charge on any atom is 0.133 e. The van der Waals surface area contributed by atoms with Crippen LogP contribution in [-0.4, -0.2) is 23.3 Å². The quantitative estimate of drug-likeness (QED) is 0.401. The van der Waals surface area contributed by atoms with Crippen molar-refractivity contribution in [1.82, 2.24) is 0 Å². The summed E-state index contributed by atoms with van der Waals surface area (Å²) in [4.78, 5) is 11.2. The number of carbonyl (C=O) groups is 1. The molecule has 72 valence electrons. The van der Waals surface area contributed by atoms with E-state index in [0.29, 0.717) is 6.61 Å². The largest absolute Gasteiger partial charge is 0.372 e. The first kappa shape index (κ1) is 9.41. The first-order valence-electron chi connectivity index (χ1n) is 4.45. The molecule has 2 nitrogen and oxygen atoms in total. The Balaban J connectivity index is 2.49. The molecule has 0 unspecified atom stereocenters. The van der Waals surface area contributed by atoms with E-state index in [1.165, 1.54) is 5.57 Å². The summed E-state index contributed by atoms with van der Waals surface area (Å²) in [5.41, 5.74) is 0.638. The van der Waals surface area contributed by atoms with Gasteiger partial charge in [-0.1, -0.05) is 27.6 Å². The fraction of sp³-hybridized carbons (Fsp3) is 0.700. The standard InChI is InChI=1S/C10H13BrO2/c1-7-3-9(2)8(11)10(4-7,5-12)6-13-9/h4-5,8H,3,6H2,1-2H3/t8-,9+,10-/m1/s1. The van der Waals surface area contributed by atoms with Crippen LogP contribution in [0.2, 0.25) is 0 Å². The van der Waals surface area contributed by atoms with E-state index in [1.807, 2.05) is 6.08 Å². The van der Waals surface area contributed by atoms with Gasteiger partial charge in [0.25, 0.3) is 0 Å². The average Bonchev–Trinajstić information content (AvgIpc) is 2.26. The molecule has 0 aromatic carbocycles. The first-order valence-corrected chi connectivity index (χ1v) is 5.37. The molecule has 1 heterocycles. The van der Waals surface area contributed by atoms with Crippen molar-refractivity contribution in [2.24, 2.45) is 5.41 Å². The van der Waals surface area contributed by atoms with Crippen LogP contribution in [0.5, 0.6) is 0 Å². The van der Waals surface area contributed by atoms with Gasteiger partial charge in [-0.05, 0) is 20.3 Å². The van der Waals surface area contributed by atoms with Crippen molar-refractivity contribution in [3.05, 3.63) is 11.6 Å². The minimum atomic E-state index is -0.420. The summed E-state index contributed by atoms with van der Waals surface area (Å²) in [6, 6.07) is 0. The maximum atomic E-state index is 11.1. The van der Waals surface area contributed by atoms with Gasteiger partial charge in [-0.2, -0.15) is 0 Å². The van der Waals surface area contributed by atoms with Crippen molar-refractivity contribution in [3.63, 3.8) is 0 Å². The molecular weight excluding hydrogens is 232 g/mol. The van der Waals surface area contributed by atoms with Crippen LogP contribution in [0.3, 0.4) is 0 Å². The SMILES string of the molecule is CC1=C[C@@]2(C=O)CO[C@@](C)(C1)[C@H]2Br. The van der Waals surface area contributed by atoms with Crippen LogP contribution < -0.4 is 0 Å².